The van der Waals surface area contributed by atoms with Crippen LogP contribution >= 0.6 is 11.8 Å². The first-order valence-electron chi connectivity index (χ1n) is 2.15. The number of halogens is 1. The third kappa shape index (κ3) is 1.20. The topological polar surface area (TPSA) is 55.1 Å². The fraction of sp³-hybridized carbons (Fsp3) is 0. The molecule has 0 bridgehead atoms. The maximum atomic E-state index is 10.1. The SMILES string of the molecule is O=C(O)c1ccn(Cl)n1. The monoisotopic (exact) mass is 146 g/mol. The first-order chi connectivity index (χ1) is 4.20. The van der Waals surface area contributed by atoms with Crippen molar-refractivity contribution in [1.29, 1.82) is 0 Å². The minimum absolute atomic E-state index is 0.0509. The number of aromatic carboxylic acids is 1. The predicted octanol–water partition coefficient (Wildman–Crippen LogP) is 0.583. The summed E-state index contributed by atoms with van der Waals surface area (Å²) in [6.07, 6.45) is 1.35. The largest absolute Gasteiger partial charge is 0.476 e. The van der Waals surface area contributed by atoms with Gasteiger partial charge in [-0.3, -0.25) is 0 Å². The van der Waals surface area contributed by atoms with Gasteiger partial charge in [0.15, 0.2) is 5.69 Å². The van der Waals surface area contributed by atoms with Gasteiger partial charge >= 0.3 is 5.97 Å². The number of rotatable bonds is 1. The standard InChI is InChI=1S/C4H3ClN2O2/c5-7-2-1-3(6-7)4(8)9/h1-2H,(H,8,9). The van der Waals surface area contributed by atoms with Gasteiger partial charge in [0.1, 0.15) is 0 Å². The molecule has 1 heterocycles. The van der Waals surface area contributed by atoms with Crippen molar-refractivity contribution in [2.75, 3.05) is 0 Å². The van der Waals surface area contributed by atoms with Crippen LogP contribution < -0.4 is 0 Å². The van der Waals surface area contributed by atoms with Crippen molar-refractivity contribution in [3.63, 3.8) is 0 Å². The lowest BCUT2D eigenvalue weighted by atomic mass is 10.5. The Morgan fingerprint density at radius 1 is 1.89 bits per heavy atom. The van der Waals surface area contributed by atoms with Gasteiger partial charge in [0, 0.05) is 18.0 Å². The molecule has 0 fully saturated rings. The molecule has 9 heavy (non-hydrogen) atoms. The summed E-state index contributed by atoms with van der Waals surface area (Å²) in [5.74, 6) is -1.07. The van der Waals surface area contributed by atoms with Crippen LogP contribution in [0.5, 0.6) is 0 Å². The van der Waals surface area contributed by atoms with E-state index in [2.05, 4.69) is 5.10 Å². The summed E-state index contributed by atoms with van der Waals surface area (Å²) >= 11 is 5.25. The van der Waals surface area contributed by atoms with E-state index in [-0.39, 0.29) is 5.69 Å². The third-order valence-corrected chi connectivity index (χ3v) is 0.966. The number of carbonyl (C=O) groups is 1. The van der Waals surface area contributed by atoms with Crippen molar-refractivity contribution in [2.45, 2.75) is 0 Å². The molecule has 0 spiro atoms. The minimum atomic E-state index is -1.07. The Morgan fingerprint density at radius 2 is 2.56 bits per heavy atom. The summed E-state index contributed by atoms with van der Waals surface area (Å²) < 4.78 is 0.920. The van der Waals surface area contributed by atoms with Crippen LogP contribution in [-0.2, 0) is 0 Å². The molecule has 0 unspecified atom stereocenters. The Kier molecular flexibility index (Phi) is 1.40. The number of hydrogen-bond acceptors (Lipinski definition) is 2. The van der Waals surface area contributed by atoms with E-state index in [9.17, 15) is 4.79 Å². The Morgan fingerprint density at radius 3 is 2.78 bits per heavy atom. The molecule has 0 aliphatic carbocycles. The summed E-state index contributed by atoms with van der Waals surface area (Å²) in [7, 11) is 0. The first kappa shape index (κ1) is 6.10. The van der Waals surface area contributed by atoms with Gasteiger partial charge in [-0.05, 0) is 6.07 Å². The molecule has 1 rings (SSSR count). The van der Waals surface area contributed by atoms with E-state index in [0.29, 0.717) is 0 Å². The molecule has 0 atom stereocenters. The molecule has 0 aromatic carbocycles. The Balaban J connectivity index is 2.98. The molecular formula is C4H3ClN2O2. The lowest BCUT2D eigenvalue weighted by Gasteiger charge is -1.80. The van der Waals surface area contributed by atoms with Crippen LogP contribution in [0.1, 0.15) is 10.5 Å². The highest BCUT2D eigenvalue weighted by Crippen LogP contribution is 1.95. The Hall–Kier alpha value is -1.03. The fourth-order valence-electron chi connectivity index (χ4n) is 0.416. The van der Waals surface area contributed by atoms with Gasteiger partial charge in [0.25, 0.3) is 0 Å². The smallest absolute Gasteiger partial charge is 0.356 e. The summed E-state index contributed by atoms with van der Waals surface area (Å²) in [6, 6.07) is 1.31. The van der Waals surface area contributed by atoms with Crippen LogP contribution in [0.25, 0.3) is 0 Å². The highest BCUT2D eigenvalue weighted by Gasteiger charge is 2.04. The highest BCUT2D eigenvalue weighted by molar-refractivity contribution is 6.14. The van der Waals surface area contributed by atoms with Crippen molar-refractivity contribution in [3.8, 4) is 0 Å². The summed E-state index contributed by atoms with van der Waals surface area (Å²) in [5.41, 5.74) is -0.0509. The van der Waals surface area contributed by atoms with E-state index >= 15 is 0 Å². The molecule has 0 amide bonds. The molecule has 0 aliphatic rings. The van der Waals surface area contributed by atoms with E-state index in [0.717, 1.165) is 4.20 Å². The van der Waals surface area contributed by atoms with E-state index in [1.54, 1.807) is 0 Å². The van der Waals surface area contributed by atoms with Gasteiger partial charge in [-0.2, -0.15) is 4.20 Å². The average molecular weight is 147 g/mol. The number of carboxylic acid groups (broad SMARTS) is 1. The molecule has 0 saturated carbocycles. The molecule has 0 aliphatic heterocycles. The van der Waals surface area contributed by atoms with E-state index < -0.39 is 5.97 Å². The molecule has 0 radical (unpaired) electrons. The average Bonchev–Trinajstić information content (AvgIpc) is 2.14. The van der Waals surface area contributed by atoms with Crippen LogP contribution in [0, 0.1) is 0 Å². The number of nitrogens with zero attached hydrogens (tertiary/aromatic N) is 2. The summed E-state index contributed by atoms with van der Waals surface area (Å²) in [5, 5.41) is 11.7. The fourth-order valence-corrected chi connectivity index (χ4v) is 0.554. The molecule has 1 aromatic rings. The first-order valence-corrected chi connectivity index (χ1v) is 2.49. The second kappa shape index (κ2) is 2.06. The van der Waals surface area contributed by atoms with Crippen LogP contribution in [0.3, 0.4) is 0 Å². The minimum Gasteiger partial charge on any atom is -0.476 e. The normalized spacial score (nSPS) is 9.44. The number of aromatic nitrogens is 2. The van der Waals surface area contributed by atoms with Crippen LogP contribution in [0.2, 0.25) is 0 Å². The van der Waals surface area contributed by atoms with Crippen molar-refractivity contribution >= 4 is 17.7 Å². The summed E-state index contributed by atoms with van der Waals surface area (Å²) in [6.45, 7) is 0. The Bertz CT molecular complexity index is 232. The molecular weight excluding hydrogens is 144 g/mol. The lowest BCUT2D eigenvalue weighted by Crippen LogP contribution is -1.96. The second-order valence-electron chi connectivity index (χ2n) is 1.39. The molecule has 1 aromatic heterocycles. The van der Waals surface area contributed by atoms with Gasteiger partial charge in [-0.1, -0.05) is 0 Å². The molecule has 4 nitrogen and oxygen atoms in total. The highest BCUT2D eigenvalue weighted by atomic mass is 35.5. The van der Waals surface area contributed by atoms with Crippen molar-refractivity contribution in [2.24, 2.45) is 0 Å². The van der Waals surface area contributed by atoms with Crippen LogP contribution in [-0.4, -0.2) is 20.4 Å². The maximum Gasteiger partial charge on any atom is 0.356 e. The zero-order valence-electron chi connectivity index (χ0n) is 4.28. The van der Waals surface area contributed by atoms with Gasteiger partial charge in [-0.15, -0.1) is 5.10 Å². The number of hydrogen-bond donors (Lipinski definition) is 1. The van der Waals surface area contributed by atoms with Crippen molar-refractivity contribution in [3.05, 3.63) is 18.0 Å². The maximum absolute atomic E-state index is 10.1. The predicted molar refractivity (Wildman–Crippen MR) is 30.4 cm³/mol. The lowest BCUT2D eigenvalue weighted by molar-refractivity contribution is 0.0690. The molecule has 1 N–H and O–H groups in total. The van der Waals surface area contributed by atoms with Crippen LogP contribution in [0.15, 0.2) is 12.3 Å². The number of carboxylic acids is 1. The van der Waals surface area contributed by atoms with Gasteiger partial charge in [-0.25, -0.2) is 4.79 Å². The zero-order chi connectivity index (χ0) is 6.85. The zero-order valence-corrected chi connectivity index (χ0v) is 5.04. The third-order valence-electron chi connectivity index (χ3n) is 0.778. The van der Waals surface area contributed by atoms with Crippen LogP contribution in [0.4, 0.5) is 0 Å². The molecule has 48 valence electrons. The van der Waals surface area contributed by atoms with Crippen molar-refractivity contribution in [1.82, 2.24) is 9.30 Å². The van der Waals surface area contributed by atoms with Crippen molar-refractivity contribution < 1.29 is 9.90 Å². The Labute approximate surface area is 55.8 Å². The molecule has 5 heteroatoms. The van der Waals surface area contributed by atoms with Gasteiger partial charge in [0.05, 0.1) is 0 Å². The van der Waals surface area contributed by atoms with E-state index in [4.69, 9.17) is 16.9 Å². The molecule has 0 saturated heterocycles. The van der Waals surface area contributed by atoms with E-state index in [1.807, 2.05) is 0 Å². The van der Waals surface area contributed by atoms with Gasteiger partial charge < -0.3 is 5.11 Å². The summed E-state index contributed by atoms with van der Waals surface area (Å²) in [4.78, 5) is 10.1. The second-order valence-corrected chi connectivity index (χ2v) is 1.74. The quantitative estimate of drug-likeness (QED) is 0.631. The van der Waals surface area contributed by atoms with E-state index in [1.165, 1.54) is 12.3 Å². The van der Waals surface area contributed by atoms with Gasteiger partial charge in [0.2, 0.25) is 0 Å².